The smallest absolute Gasteiger partial charge is 0.408 e. The molecular formula is C60H91N10O13. The summed E-state index contributed by atoms with van der Waals surface area (Å²) in [5.41, 5.74) is -0.0758. The van der Waals surface area contributed by atoms with E-state index in [4.69, 9.17) is 4.74 Å². The fourth-order valence-corrected chi connectivity index (χ4v) is 11.0. The first-order valence-electron chi connectivity index (χ1n) is 28.8. The number of carbonyl (C=O) groups is 10. The van der Waals surface area contributed by atoms with Gasteiger partial charge in [0.05, 0.1) is 6.54 Å². The summed E-state index contributed by atoms with van der Waals surface area (Å²) in [7, 11) is 0. The van der Waals surface area contributed by atoms with Gasteiger partial charge < -0.3 is 57.7 Å². The highest BCUT2D eigenvalue weighted by Gasteiger charge is 2.58. The molecule has 0 spiro atoms. The lowest BCUT2D eigenvalue weighted by atomic mass is 9.69. The number of hydrogen-bond donors (Lipinski definition) is 10. The Labute approximate surface area is 488 Å². The number of alkyl carbamates (subject to hydrolysis) is 1. The highest BCUT2D eigenvalue weighted by molar-refractivity contribution is 5.98. The van der Waals surface area contributed by atoms with E-state index in [0.717, 1.165) is 27.3 Å². The molecule has 0 aromatic heterocycles. The maximum absolute atomic E-state index is 14.9. The zero-order valence-corrected chi connectivity index (χ0v) is 51.2. The lowest BCUT2D eigenvalue weighted by Gasteiger charge is -2.54. The van der Waals surface area contributed by atoms with Gasteiger partial charge in [-0.3, -0.25) is 38.4 Å². The van der Waals surface area contributed by atoms with Crippen LogP contribution in [0.2, 0.25) is 0 Å². The third-order valence-corrected chi connectivity index (χ3v) is 15.5. The van der Waals surface area contributed by atoms with Crippen LogP contribution in [0.3, 0.4) is 0 Å². The van der Waals surface area contributed by atoms with Crippen molar-refractivity contribution in [2.24, 2.45) is 29.6 Å². The molecule has 2 aromatic carbocycles. The zero-order valence-electron chi connectivity index (χ0n) is 51.2. The van der Waals surface area contributed by atoms with Gasteiger partial charge in [0.25, 0.3) is 0 Å². The average Bonchev–Trinajstić information content (AvgIpc) is 3.97. The Morgan fingerprint density at radius 2 is 1.02 bits per heavy atom. The van der Waals surface area contributed by atoms with Crippen LogP contribution < -0.4 is 47.9 Å². The van der Waals surface area contributed by atoms with Crippen molar-refractivity contribution in [3.05, 3.63) is 59.7 Å². The van der Waals surface area contributed by atoms with Crippen LogP contribution in [-0.2, 0) is 53.1 Å². The van der Waals surface area contributed by atoms with Crippen LogP contribution in [0.4, 0.5) is 4.79 Å². The molecule has 83 heavy (non-hydrogen) atoms. The third-order valence-electron chi connectivity index (χ3n) is 15.5. The number of rotatable bonds is 27. The first kappa shape index (κ1) is 68.4. The van der Waals surface area contributed by atoms with Gasteiger partial charge >= 0.3 is 12.1 Å². The minimum atomic E-state index is -1.75. The number of piperidine rings is 1. The Morgan fingerprint density at radius 1 is 0.578 bits per heavy atom. The lowest BCUT2D eigenvalue weighted by Crippen LogP contribution is -2.73. The molecular weight excluding hydrogens is 1070 g/mol. The number of hydrogen-bond acceptors (Lipinski definition) is 12. The van der Waals surface area contributed by atoms with Crippen molar-refractivity contribution in [3.63, 3.8) is 0 Å². The molecule has 1 radical (unpaired) electrons. The molecule has 2 aliphatic rings. The first-order chi connectivity index (χ1) is 38.6. The molecule has 1 aliphatic carbocycles. The summed E-state index contributed by atoms with van der Waals surface area (Å²) in [6.45, 7) is 25.9. The number of carbonyl (C=O) groups excluding carboxylic acids is 9. The van der Waals surface area contributed by atoms with Gasteiger partial charge in [-0.15, -0.1) is 10.3 Å². The summed E-state index contributed by atoms with van der Waals surface area (Å²) >= 11 is 0. The molecule has 1 aliphatic heterocycles. The second-order valence-electron chi connectivity index (χ2n) is 25.1. The fourth-order valence-electron chi connectivity index (χ4n) is 11.0. The monoisotopic (exact) mass is 1160 g/mol. The van der Waals surface area contributed by atoms with Crippen molar-refractivity contribution in [2.75, 3.05) is 13.2 Å². The Hall–Kier alpha value is -7.14. The number of hydroxylamine groups is 2. The summed E-state index contributed by atoms with van der Waals surface area (Å²) in [5, 5.41) is 47.9. The number of nitrogens with zero attached hydrogens (tertiary/aromatic N) is 1. The molecule has 0 bridgehead atoms. The molecule has 10 N–H and O–H groups in total. The predicted octanol–water partition coefficient (Wildman–Crippen LogP) is 3.96. The molecule has 9 amide bonds. The van der Waals surface area contributed by atoms with Crippen LogP contribution in [0.25, 0.3) is 11.1 Å². The normalized spacial score (nSPS) is 18.1. The van der Waals surface area contributed by atoms with Crippen LogP contribution in [0.1, 0.15) is 154 Å². The van der Waals surface area contributed by atoms with Crippen molar-refractivity contribution in [2.45, 2.75) is 201 Å². The molecule has 8 atom stereocenters. The quantitative estimate of drug-likeness (QED) is 0.0607. The van der Waals surface area contributed by atoms with E-state index >= 15 is 0 Å². The van der Waals surface area contributed by atoms with Gasteiger partial charge in [-0.25, -0.2) is 9.59 Å². The van der Waals surface area contributed by atoms with E-state index in [0.29, 0.717) is 6.42 Å². The molecule has 0 saturated carbocycles. The third kappa shape index (κ3) is 17.7. The van der Waals surface area contributed by atoms with Gasteiger partial charge in [-0.05, 0) is 113 Å². The van der Waals surface area contributed by atoms with E-state index in [-0.39, 0.29) is 37.7 Å². The van der Waals surface area contributed by atoms with E-state index in [1.807, 2.05) is 62.4 Å². The van der Waals surface area contributed by atoms with Crippen LogP contribution in [0.5, 0.6) is 0 Å². The number of nitrogens with one attached hydrogen (secondary N) is 9. The molecule has 23 heteroatoms. The highest BCUT2D eigenvalue weighted by Crippen LogP contribution is 2.45. The van der Waals surface area contributed by atoms with Crippen molar-refractivity contribution >= 4 is 59.3 Å². The Balaban J connectivity index is 1.41. The van der Waals surface area contributed by atoms with Crippen LogP contribution >= 0.6 is 0 Å². The van der Waals surface area contributed by atoms with Crippen LogP contribution in [0.15, 0.2) is 48.5 Å². The second kappa shape index (κ2) is 28.9. The number of benzene rings is 2. The number of aliphatic carboxylic acids is 1. The van der Waals surface area contributed by atoms with Crippen LogP contribution in [-0.4, -0.2) is 142 Å². The Bertz CT molecular complexity index is 2630. The van der Waals surface area contributed by atoms with Crippen molar-refractivity contribution in [3.8, 4) is 11.1 Å². The maximum Gasteiger partial charge on any atom is 0.408 e. The minimum Gasteiger partial charge on any atom is -0.480 e. The average molecular weight is 1160 g/mol. The number of fused-ring (bicyclic) bond motifs is 3. The zero-order chi connectivity index (χ0) is 62.6. The summed E-state index contributed by atoms with van der Waals surface area (Å²) in [4.78, 5) is 136. The summed E-state index contributed by atoms with van der Waals surface area (Å²) in [6, 6.07) is 7.31. The van der Waals surface area contributed by atoms with E-state index in [9.17, 15) is 58.3 Å². The molecule has 1 saturated heterocycles. The molecule has 4 rings (SSSR count). The van der Waals surface area contributed by atoms with Gasteiger partial charge in [-0.2, -0.15) is 0 Å². The van der Waals surface area contributed by atoms with Gasteiger partial charge in [0, 0.05) is 17.0 Å². The van der Waals surface area contributed by atoms with Gasteiger partial charge in [0.1, 0.15) is 54.4 Å². The predicted molar refractivity (Wildman–Crippen MR) is 310 cm³/mol. The summed E-state index contributed by atoms with van der Waals surface area (Å²) < 4.78 is 5.93. The lowest BCUT2D eigenvalue weighted by molar-refractivity contribution is -0.295. The number of ether oxygens (including phenoxy) is 1. The minimum absolute atomic E-state index is 0.0436. The SMILES string of the molecule is CCC(C)[C@H](NC(=O)[C@H](C)NC(=O)[C@H](C)NC(=O)CNC(=O)[C@H](CC(C)C)NC(=O)[C@@H](NC(=O)[C@@H](NC(=O)C1(NC(=O)OCC2c3ccccc3-c3ccccc32)CC(C)(C)N([O])C(C)(C)C1)C(C)C)C(C)C)C(=O)N[C@H](C(=O)O)C(C)C. The van der Waals surface area contributed by atoms with E-state index in [2.05, 4.69) is 47.9 Å². The molecule has 1 fully saturated rings. The Kier molecular flexibility index (Phi) is 23.8. The summed E-state index contributed by atoms with van der Waals surface area (Å²) in [5.74, 6) is -9.53. The fraction of sp³-hybridized carbons (Fsp3) is 0.633. The largest absolute Gasteiger partial charge is 0.480 e. The topological polar surface area (TPSA) is 332 Å². The Morgan fingerprint density at radius 3 is 1.52 bits per heavy atom. The number of amides is 9. The van der Waals surface area contributed by atoms with E-state index in [1.54, 1.807) is 83.1 Å². The van der Waals surface area contributed by atoms with E-state index in [1.165, 1.54) is 13.8 Å². The maximum atomic E-state index is 14.9. The number of carboxylic acid groups (broad SMARTS) is 1. The highest BCUT2D eigenvalue weighted by atomic mass is 16.5. The van der Waals surface area contributed by atoms with Gasteiger partial charge in [0.2, 0.25) is 47.3 Å². The van der Waals surface area contributed by atoms with E-state index < -0.39 is 148 Å². The summed E-state index contributed by atoms with van der Waals surface area (Å²) in [6.07, 6.45) is -0.610. The second-order valence-corrected chi connectivity index (χ2v) is 25.1. The first-order valence-corrected chi connectivity index (χ1v) is 28.8. The molecule has 23 nitrogen and oxygen atoms in total. The van der Waals surface area contributed by atoms with Crippen molar-refractivity contribution < 1.29 is 63.0 Å². The molecule has 1 unspecified atom stereocenters. The molecule has 2 aromatic rings. The van der Waals surface area contributed by atoms with Crippen molar-refractivity contribution in [1.29, 1.82) is 0 Å². The molecule has 459 valence electrons. The van der Waals surface area contributed by atoms with Gasteiger partial charge in [0.15, 0.2) is 0 Å². The van der Waals surface area contributed by atoms with Gasteiger partial charge in [-0.1, -0.05) is 124 Å². The number of carboxylic acids is 1. The van der Waals surface area contributed by atoms with Crippen molar-refractivity contribution in [1.82, 2.24) is 52.9 Å². The van der Waals surface area contributed by atoms with Crippen LogP contribution in [0, 0.1) is 29.6 Å². The standard InChI is InChI=1S/C60H91N10O13/c1-17-35(10)48(54(77)66-47(34(8)9)55(78)79)67-50(73)37(12)63-49(72)36(11)62-44(71)27-61-51(74)43(26-31(2)3)64-52(75)45(32(4)5)65-53(76)46(33(6)7)68-56(80)60(29-58(13,14)70(82)59(15,16)30-60)69-57(81)83-28-42-40-24-20-18-22-38(40)39-23-19-21-25-41(39)42/h18-25,31-37,42-43,45-48H,17,26-30H2,1-16H3,(H,61,74)(H,62,71)(H,63,72)(H,64,75)(H,65,76)(H,66,77)(H,67,73)(H,68,80)(H,69,81)(H,78,79)/t35?,36-,37-,43-,45-,46-,47-,48-/m0/s1. The molecule has 1 heterocycles.